The summed E-state index contributed by atoms with van der Waals surface area (Å²) in [4.78, 5) is 29.1. The van der Waals surface area contributed by atoms with Gasteiger partial charge in [-0.3, -0.25) is 13.9 Å². The molecule has 8 nitrogen and oxygen atoms in total. The number of hydrogen-bond acceptors (Lipinski definition) is 5. The second kappa shape index (κ2) is 13.5. The minimum atomic E-state index is -4.13. The molecule has 0 radical (unpaired) electrons. The van der Waals surface area contributed by atoms with Crippen molar-refractivity contribution < 1.29 is 22.7 Å². The van der Waals surface area contributed by atoms with Crippen molar-refractivity contribution in [1.82, 2.24) is 10.2 Å². The van der Waals surface area contributed by atoms with Gasteiger partial charge in [0.1, 0.15) is 18.3 Å². The van der Waals surface area contributed by atoms with Gasteiger partial charge < -0.3 is 15.0 Å². The molecule has 1 N–H and O–H groups in total. The van der Waals surface area contributed by atoms with E-state index in [0.717, 1.165) is 15.4 Å². The van der Waals surface area contributed by atoms with Gasteiger partial charge in [-0.2, -0.15) is 0 Å². The molecule has 3 aromatic carbocycles. The number of methoxy groups -OCH3 is 1. The Morgan fingerprint density at radius 2 is 1.63 bits per heavy atom. The maximum absolute atomic E-state index is 14.1. The lowest BCUT2D eigenvalue weighted by Crippen LogP contribution is -2.55. The molecule has 41 heavy (non-hydrogen) atoms. The van der Waals surface area contributed by atoms with E-state index in [4.69, 9.17) is 4.74 Å². The quantitative estimate of drug-likeness (QED) is 0.290. The van der Waals surface area contributed by atoms with Crippen molar-refractivity contribution in [3.63, 3.8) is 0 Å². The van der Waals surface area contributed by atoms with Crippen LogP contribution in [0, 0.1) is 6.92 Å². The van der Waals surface area contributed by atoms with E-state index < -0.39 is 34.1 Å². The summed E-state index contributed by atoms with van der Waals surface area (Å²) in [7, 11) is -2.56. The number of carbonyl (C=O) groups excluding carboxylic acids is 2. The minimum Gasteiger partial charge on any atom is -0.497 e. The summed E-state index contributed by atoms with van der Waals surface area (Å²) in [5.74, 6) is -0.154. The van der Waals surface area contributed by atoms with Crippen LogP contribution in [0.4, 0.5) is 5.69 Å². The lowest BCUT2D eigenvalue weighted by atomic mass is 10.1. The molecule has 0 saturated carbocycles. The number of rotatable bonds is 11. The van der Waals surface area contributed by atoms with Crippen molar-refractivity contribution in [2.75, 3.05) is 18.0 Å². The van der Waals surface area contributed by atoms with Crippen molar-refractivity contribution in [3.05, 3.63) is 88.4 Å². The number of hydrogen-bond donors (Lipinski definition) is 1. The summed E-state index contributed by atoms with van der Waals surface area (Å²) in [6.45, 7) is 8.92. The summed E-state index contributed by atoms with van der Waals surface area (Å²) in [6.07, 6.45) is 0.339. The van der Waals surface area contributed by atoms with E-state index in [0.29, 0.717) is 22.3 Å². The second-order valence-corrected chi connectivity index (χ2v) is 13.6. The van der Waals surface area contributed by atoms with Gasteiger partial charge in [0, 0.05) is 16.6 Å². The van der Waals surface area contributed by atoms with Crippen molar-refractivity contribution in [3.8, 4) is 5.75 Å². The molecule has 0 aliphatic carbocycles. The Bertz CT molecular complexity index is 1450. The van der Waals surface area contributed by atoms with Gasteiger partial charge in [-0.15, -0.1) is 0 Å². The molecule has 0 unspecified atom stereocenters. The van der Waals surface area contributed by atoms with Crippen molar-refractivity contribution in [1.29, 1.82) is 0 Å². The predicted molar refractivity (Wildman–Crippen MR) is 165 cm³/mol. The van der Waals surface area contributed by atoms with E-state index in [1.807, 2.05) is 46.8 Å². The van der Waals surface area contributed by atoms with Gasteiger partial charge in [0.2, 0.25) is 11.8 Å². The Balaban J connectivity index is 2.07. The van der Waals surface area contributed by atoms with Gasteiger partial charge in [0.05, 0.1) is 17.7 Å². The standard InChI is InChI=1S/C31H38BrN3O5S/c1-7-28(30(37)33-31(3,4)5)34(20-23-13-15-26(40-6)16-14-23)29(36)21-35(25-10-8-9-24(32)19-25)41(38,39)27-17-11-22(2)12-18-27/h8-19,28H,7,20-21H2,1-6H3,(H,33,37)/t28-/m1/s1. The molecule has 1 atom stereocenters. The molecule has 3 aromatic rings. The number of nitrogens with one attached hydrogen (secondary N) is 1. The fourth-order valence-electron chi connectivity index (χ4n) is 4.30. The molecule has 0 spiro atoms. The highest BCUT2D eigenvalue weighted by Crippen LogP contribution is 2.27. The third-order valence-electron chi connectivity index (χ3n) is 6.38. The van der Waals surface area contributed by atoms with Gasteiger partial charge in [-0.05, 0) is 82.1 Å². The first-order chi connectivity index (χ1) is 19.2. The van der Waals surface area contributed by atoms with Crippen LogP contribution in [0.25, 0.3) is 0 Å². The van der Waals surface area contributed by atoms with Crippen LogP contribution in [0.2, 0.25) is 0 Å². The van der Waals surface area contributed by atoms with Crippen LogP contribution in [0.5, 0.6) is 5.75 Å². The van der Waals surface area contributed by atoms with Crippen LogP contribution in [-0.4, -0.2) is 50.4 Å². The topological polar surface area (TPSA) is 96.0 Å². The van der Waals surface area contributed by atoms with Gasteiger partial charge in [-0.25, -0.2) is 8.42 Å². The molecular formula is C31H38BrN3O5S. The largest absolute Gasteiger partial charge is 0.497 e. The van der Waals surface area contributed by atoms with Crippen molar-refractivity contribution in [2.24, 2.45) is 0 Å². The fourth-order valence-corrected chi connectivity index (χ4v) is 6.09. The monoisotopic (exact) mass is 643 g/mol. The molecule has 0 heterocycles. The Labute approximate surface area is 251 Å². The summed E-state index contributed by atoms with van der Waals surface area (Å²) in [6, 6.07) is 19.7. The number of sulfonamides is 1. The van der Waals surface area contributed by atoms with E-state index >= 15 is 0 Å². The second-order valence-electron chi connectivity index (χ2n) is 10.8. The van der Waals surface area contributed by atoms with Crippen LogP contribution >= 0.6 is 15.9 Å². The van der Waals surface area contributed by atoms with E-state index in [1.54, 1.807) is 55.6 Å². The van der Waals surface area contributed by atoms with Crippen LogP contribution in [0.3, 0.4) is 0 Å². The van der Waals surface area contributed by atoms with Crippen LogP contribution in [0.15, 0.2) is 82.2 Å². The number of amides is 2. The number of nitrogens with zero attached hydrogens (tertiary/aromatic N) is 2. The van der Waals surface area contributed by atoms with E-state index in [2.05, 4.69) is 21.2 Å². The third kappa shape index (κ3) is 8.56. The van der Waals surface area contributed by atoms with E-state index in [-0.39, 0.29) is 17.3 Å². The smallest absolute Gasteiger partial charge is 0.264 e. The van der Waals surface area contributed by atoms with Crippen molar-refractivity contribution >= 4 is 43.5 Å². The molecule has 3 rings (SSSR count). The first-order valence-corrected chi connectivity index (χ1v) is 15.6. The molecular weight excluding hydrogens is 606 g/mol. The predicted octanol–water partition coefficient (Wildman–Crippen LogP) is 5.68. The first kappa shape index (κ1) is 32.1. The highest BCUT2D eigenvalue weighted by Gasteiger charge is 2.34. The zero-order chi connectivity index (χ0) is 30.4. The molecule has 0 fully saturated rings. The van der Waals surface area contributed by atoms with E-state index in [9.17, 15) is 18.0 Å². The molecule has 0 aromatic heterocycles. The Morgan fingerprint density at radius 3 is 2.17 bits per heavy atom. The zero-order valence-electron chi connectivity index (χ0n) is 24.3. The fraction of sp³-hybridized carbons (Fsp3) is 0.355. The highest BCUT2D eigenvalue weighted by molar-refractivity contribution is 9.10. The molecule has 10 heteroatoms. The van der Waals surface area contributed by atoms with Crippen LogP contribution in [0.1, 0.15) is 45.2 Å². The van der Waals surface area contributed by atoms with Gasteiger partial charge >= 0.3 is 0 Å². The van der Waals surface area contributed by atoms with Gasteiger partial charge in [0.25, 0.3) is 10.0 Å². The van der Waals surface area contributed by atoms with Gasteiger partial charge in [-0.1, -0.05) is 58.7 Å². The van der Waals surface area contributed by atoms with Crippen LogP contribution < -0.4 is 14.4 Å². The average molecular weight is 645 g/mol. The number of benzene rings is 3. The lowest BCUT2D eigenvalue weighted by molar-refractivity contribution is -0.141. The number of carbonyl (C=O) groups is 2. The number of halogens is 1. The maximum Gasteiger partial charge on any atom is 0.264 e. The molecule has 2 amide bonds. The summed E-state index contributed by atoms with van der Waals surface area (Å²) in [5, 5.41) is 2.97. The van der Waals surface area contributed by atoms with Crippen LogP contribution in [-0.2, 0) is 26.2 Å². The van der Waals surface area contributed by atoms with Gasteiger partial charge in [0.15, 0.2) is 0 Å². The minimum absolute atomic E-state index is 0.0649. The summed E-state index contributed by atoms with van der Waals surface area (Å²) >= 11 is 3.42. The Hall–Kier alpha value is -3.37. The third-order valence-corrected chi connectivity index (χ3v) is 8.66. The molecule has 0 aliphatic heterocycles. The highest BCUT2D eigenvalue weighted by atomic mass is 79.9. The average Bonchev–Trinajstić information content (AvgIpc) is 2.91. The van der Waals surface area contributed by atoms with Crippen molar-refractivity contribution in [2.45, 2.75) is 64.1 Å². The number of aryl methyl sites for hydroxylation is 1. The maximum atomic E-state index is 14.1. The normalized spacial score (nSPS) is 12.4. The number of ether oxygens (including phenoxy) is 1. The molecule has 0 aliphatic rings. The molecule has 0 saturated heterocycles. The van der Waals surface area contributed by atoms with E-state index in [1.165, 1.54) is 17.0 Å². The Kier molecular flexibility index (Phi) is 10.6. The summed E-state index contributed by atoms with van der Waals surface area (Å²) in [5.41, 5.74) is 1.49. The molecule has 220 valence electrons. The Morgan fingerprint density at radius 1 is 1.00 bits per heavy atom. The number of anilines is 1. The summed E-state index contributed by atoms with van der Waals surface area (Å²) < 4.78 is 34.9. The SMILES string of the molecule is CC[C@H](C(=O)NC(C)(C)C)N(Cc1ccc(OC)cc1)C(=O)CN(c1cccc(Br)c1)S(=O)(=O)c1ccc(C)cc1. The lowest BCUT2D eigenvalue weighted by Gasteiger charge is -2.34. The first-order valence-electron chi connectivity index (χ1n) is 13.3. The molecule has 0 bridgehead atoms. The zero-order valence-corrected chi connectivity index (χ0v) is 26.8.